The van der Waals surface area contributed by atoms with Gasteiger partial charge in [0.1, 0.15) is 0 Å². The molecule has 2 rings (SSSR count). The highest BCUT2D eigenvalue weighted by Gasteiger charge is 2.36. The van der Waals surface area contributed by atoms with Gasteiger partial charge in [-0.3, -0.25) is 0 Å². The highest BCUT2D eigenvalue weighted by Crippen LogP contribution is 2.41. The Labute approximate surface area is 95.2 Å². The highest BCUT2D eigenvalue weighted by atomic mass is 79.9. The fourth-order valence-electron chi connectivity index (χ4n) is 1.56. The lowest BCUT2D eigenvalue weighted by molar-refractivity contribution is -0.0294. The molecule has 0 heterocycles. The summed E-state index contributed by atoms with van der Waals surface area (Å²) in [5.74, 6) is 0.598. The molecule has 0 spiro atoms. The molecule has 1 unspecified atom stereocenters. The van der Waals surface area contributed by atoms with Crippen molar-refractivity contribution in [1.82, 2.24) is 0 Å². The summed E-state index contributed by atoms with van der Waals surface area (Å²) in [4.78, 5) is -3.27. The summed E-state index contributed by atoms with van der Waals surface area (Å²) in [6, 6.07) is 6.75. The molecule has 1 aliphatic carbocycles. The quantitative estimate of drug-likeness (QED) is 0.837. The van der Waals surface area contributed by atoms with Crippen LogP contribution in [0.15, 0.2) is 24.3 Å². The van der Waals surface area contributed by atoms with E-state index in [1.807, 2.05) is 12.1 Å². The maximum atomic E-state index is 12.7. The van der Waals surface area contributed by atoms with Gasteiger partial charge in [0.25, 0.3) is 0 Å². The zero-order chi connectivity index (χ0) is 11.1. The van der Waals surface area contributed by atoms with E-state index in [-0.39, 0.29) is 5.56 Å². The van der Waals surface area contributed by atoms with Crippen LogP contribution in [-0.4, -0.2) is 9.94 Å². The van der Waals surface area contributed by atoms with Crippen LogP contribution in [0.25, 0.3) is 0 Å². The van der Waals surface area contributed by atoms with Crippen LogP contribution in [0, 0.1) is 0 Å². The molecule has 82 valence electrons. The molecule has 0 bridgehead atoms. The van der Waals surface area contributed by atoms with Crippen molar-refractivity contribution in [3.63, 3.8) is 0 Å². The lowest BCUT2D eigenvalue weighted by Crippen LogP contribution is -2.18. The topological polar surface area (TPSA) is 20.2 Å². The molecule has 0 amide bonds. The minimum Gasteiger partial charge on any atom is -0.381 e. The molecule has 1 atom stereocenters. The van der Waals surface area contributed by atoms with Crippen LogP contribution in [0.5, 0.6) is 0 Å². The van der Waals surface area contributed by atoms with Gasteiger partial charge in [0.15, 0.2) is 6.10 Å². The monoisotopic (exact) mass is 276 g/mol. The molecular formula is C11H11BrF2O. The Kier molecular flexibility index (Phi) is 2.81. The van der Waals surface area contributed by atoms with Crippen molar-refractivity contribution < 1.29 is 13.9 Å². The SMILES string of the molecule is OC(c1ccc(C2CC2)cc1)C(F)(F)Br. The second-order valence-electron chi connectivity index (χ2n) is 3.89. The number of aliphatic hydroxyl groups excluding tert-OH is 1. The van der Waals surface area contributed by atoms with Crippen LogP contribution in [0.2, 0.25) is 0 Å². The number of benzene rings is 1. The first-order valence-corrected chi connectivity index (χ1v) is 5.62. The Bertz CT molecular complexity index is 341. The molecule has 1 aromatic rings. The second kappa shape index (κ2) is 3.83. The molecule has 0 aliphatic heterocycles. The third-order valence-corrected chi connectivity index (χ3v) is 3.04. The van der Waals surface area contributed by atoms with Crippen LogP contribution in [-0.2, 0) is 0 Å². The largest absolute Gasteiger partial charge is 0.381 e. The van der Waals surface area contributed by atoms with Gasteiger partial charge in [-0.1, -0.05) is 24.3 Å². The fraction of sp³-hybridized carbons (Fsp3) is 0.455. The summed E-state index contributed by atoms with van der Waals surface area (Å²) in [6.45, 7) is 0. The van der Waals surface area contributed by atoms with E-state index in [4.69, 9.17) is 0 Å². The summed E-state index contributed by atoms with van der Waals surface area (Å²) in [7, 11) is 0. The average molecular weight is 277 g/mol. The van der Waals surface area contributed by atoms with Gasteiger partial charge in [-0.25, -0.2) is 0 Å². The lowest BCUT2D eigenvalue weighted by atomic mass is 10.0. The molecule has 1 nitrogen and oxygen atoms in total. The fourth-order valence-corrected chi connectivity index (χ4v) is 1.82. The van der Waals surface area contributed by atoms with E-state index in [2.05, 4.69) is 15.9 Å². The van der Waals surface area contributed by atoms with Crippen LogP contribution < -0.4 is 0 Å². The molecule has 0 saturated heterocycles. The van der Waals surface area contributed by atoms with Gasteiger partial charge in [-0.15, -0.1) is 0 Å². The van der Waals surface area contributed by atoms with Crippen molar-refractivity contribution in [3.8, 4) is 0 Å². The van der Waals surface area contributed by atoms with Crippen molar-refractivity contribution in [2.75, 3.05) is 0 Å². The summed E-state index contributed by atoms with van der Waals surface area (Å²) in [5.41, 5.74) is 1.41. The zero-order valence-corrected chi connectivity index (χ0v) is 9.55. The van der Waals surface area contributed by atoms with E-state index in [1.165, 1.54) is 18.4 Å². The van der Waals surface area contributed by atoms with Crippen molar-refractivity contribution in [3.05, 3.63) is 35.4 Å². The van der Waals surface area contributed by atoms with Crippen LogP contribution in [0.4, 0.5) is 8.78 Å². The Balaban J connectivity index is 2.15. The van der Waals surface area contributed by atoms with Gasteiger partial charge >= 0.3 is 4.83 Å². The molecule has 1 fully saturated rings. The molecule has 0 aromatic heterocycles. The first kappa shape index (κ1) is 11.0. The Morgan fingerprint density at radius 1 is 1.27 bits per heavy atom. The Hall–Kier alpha value is -0.480. The predicted octanol–water partition coefficient (Wildman–Crippen LogP) is 3.59. The molecule has 1 aromatic carbocycles. The number of rotatable bonds is 3. The van der Waals surface area contributed by atoms with Gasteiger partial charge in [0.05, 0.1) is 0 Å². The maximum Gasteiger partial charge on any atom is 0.330 e. The van der Waals surface area contributed by atoms with Crippen LogP contribution in [0.1, 0.15) is 36.0 Å². The molecule has 1 saturated carbocycles. The van der Waals surface area contributed by atoms with Gasteiger partial charge in [-0.05, 0) is 45.8 Å². The van der Waals surface area contributed by atoms with Crippen molar-refractivity contribution in [1.29, 1.82) is 0 Å². The number of halogens is 3. The summed E-state index contributed by atoms with van der Waals surface area (Å²) in [5, 5.41) is 9.31. The highest BCUT2D eigenvalue weighted by molar-refractivity contribution is 9.10. The Morgan fingerprint density at radius 3 is 2.20 bits per heavy atom. The summed E-state index contributed by atoms with van der Waals surface area (Å²) in [6.07, 6.45) is 0.568. The van der Waals surface area contributed by atoms with Gasteiger partial charge in [-0.2, -0.15) is 8.78 Å². The van der Waals surface area contributed by atoms with E-state index in [0.29, 0.717) is 5.92 Å². The van der Waals surface area contributed by atoms with Crippen molar-refractivity contribution >= 4 is 15.9 Å². The summed E-state index contributed by atoms with van der Waals surface area (Å²) < 4.78 is 25.5. The first-order valence-electron chi connectivity index (χ1n) is 4.83. The summed E-state index contributed by atoms with van der Waals surface area (Å²) >= 11 is 2.16. The zero-order valence-electron chi connectivity index (χ0n) is 7.96. The standard InChI is InChI=1S/C11H11BrF2O/c12-11(13,14)10(15)9-5-3-8(4-6-9)7-1-2-7/h3-7,10,15H,1-2H2. The van der Waals surface area contributed by atoms with Crippen LogP contribution in [0.3, 0.4) is 0 Å². The maximum absolute atomic E-state index is 12.7. The van der Waals surface area contributed by atoms with E-state index < -0.39 is 10.9 Å². The lowest BCUT2D eigenvalue weighted by Gasteiger charge is -2.16. The van der Waals surface area contributed by atoms with E-state index in [0.717, 1.165) is 0 Å². The molecule has 4 heteroatoms. The first-order chi connectivity index (χ1) is 6.98. The van der Waals surface area contributed by atoms with E-state index >= 15 is 0 Å². The second-order valence-corrected chi connectivity index (χ2v) is 4.94. The normalized spacial score (nSPS) is 18.9. The molecule has 1 aliphatic rings. The number of aliphatic hydroxyl groups is 1. The van der Waals surface area contributed by atoms with E-state index in [9.17, 15) is 13.9 Å². The third-order valence-electron chi connectivity index (χ3n) is 2.61. The Morgan fingerprint density at radius 2 is 1.80 bits per heavy atom. The molecule has 0 radical (unpaired) electrons. The molecular weight excluding hydrogens is 266 g/mol. The van der Waals surface area contributed by atoms with Crippen molar-refractivity contribution in [2.45, 2.75) is 29.7 Å². The average Bonchev–Trinajstić information content (AvgIpc) is 2.99. The number of alkyl halides is 3. The van der Waals surface area contributed by atoms with Gasteiger partial charge in [0, 0.05) is 0 Å². The minimum absolute atomic E-state index is 0.237. The number of hydrogen-bond acceptors (Lipinski definition) is 1. The minimum atomic E-state index is -3.27. The molecule has 15 heavy (non-hydrogen) atoms. The predicted molar refractivity (Wildman–Crippen MR) is 57.3 cm³/mol. The smallest absolute Gasteiger partial charge is 0.330 e. The van der Waals surface area contributed by atoms with Crippen molar-refractivity contribution in [2.24, 2.45) is 0 Å². The van der Waals surface area contributed by atoms with E-state index in [1.54, 1.807) is 12.1 Å². The van der Waals surface area contributed by atoms with Gasteiger partial charge in [0.2, 0.25) is 0 Å². The third kappa shape index (κ3) is 2.55. The van der Waals surface area contributed by atoms with Gasteiger partial charge < -0.3 is 5.11 Å². The molecule has 1 N–H and O–H groups in total. The number of hydrogen-bond donors (Lipinski definition) is 1. The van der Waals surface area contributed by atoms with Crippen LogP contribution >= 0.6 is 15.9 Å².